The monoisotopic (exact) mass is 298 g/mol. The number of hydrogen-bond acceptors (Lipinski definition) is 4. The van der Waals surface area contributed by atoms with E-state index in [2.05, 4.69) is 15.3 Å². The Morgan fingerprint density at radius 1 is 1.00 bits per heavy atom. The number of alkyl halides is 3. The van der Waals surface area contributed by atoms with E-state index < -0.39 is 12.7 Å². The van der Waals surface area contributed by atoms with Crippen LogP contribution in [0.2, 0.25) is 0 Å². The predicted molar refractivity (Wildman–Crippen MR) is 76.9 cm³/mol. The second kappa shape index (κ2) is 7.47. The van der Waals surface area contributed by atoms with Gasteiger partial charge in [0.15, 0.2) is 0 Å². The Balaban J connectivity index is 0.000000235. The van der Waals surface area contributed by atoms with Gasteiger partial charge in [-0.2, -0.15) is 13.2 Å². The van der Waals surface area contributed by atoms with Crippen LogP contribution in [0.5, 0.6) is 0 Å². The van der Waals surface area contributed by atoms with Crippen molar-refractivity contribution >= 4 is 11.4 Å². The highest BCUT2D eigenvalue weighted by Gasteiger charge is 2.26. The molecule has 0 aromatic carbocycles. The number of nitrogens with two attached hydrogens (primary N) is 1. The fourth-order valence-electron chi connectivity index (χ4n) is 1.43. The molecule has 0 aliphatic rings. The van der Waals surface area contributed by atoms with Crippen molar-refractivity contribution in [3.8, 4) is 0 Å². The minimum absolute atomic E-state index is 0.386. The van der Waals surface area contributed by atoms with Crippen molar-refractivity contribution in [2.45, 2.75) is 20.0 Å². The standard InChI is InChI=1S/C8H9F3N2.C6H8N2/c1-6-2-7(4-12-3-6)13-5-8(9,10)11;1-5-2-6(7)4-8-3-5/h2-4,13H,5H2,1H3;2-4H,7H2,1H3. The van der Waals surface area contributed by atoms with Gasteiger partial charge in [-0.25, -0.2) is 0 Å². The number of nitrogens with zero attached hydrogens (tertiary/aromatic N) is 2. The molecule has 0 saturated heterocycles. The van der Waals surface area contributed by atoms with Gasteiger partial charge in [-0.1, -0.05) is 0 Å². The van der Waals surface area contributed by atoms with Gasteiger partial charge in [-0.15, -0.1) is 0 Å². The largest absolute Gasteiger partial charge is 0.405 e. The van der Waals surface area contributed by atoms with Crippen molar-refractivity contribution in [2.75, 3.05) is 17.6 Å². The minimum Gasteiger partial charge on any atom is -0.397 e. The second-order valence-corrected chi connectivity index (χ2v) is 4.52. The number of aromatic nitrogens is 2. The van der Waals surface area contributed by atoms with E-state index in [0.29, 0.717) is 5.69 Å². The molecule has 0 spiro atoms. The van der Waals surface area contributed by atoms with Crippen LogP contribution in [-0.4, -0.2) is 22.7 Å². The SMILES string of the molecule is Cc1cncc(N)c1.Cc1cncc(NCC(F)(F)F)c1. The molecule has 0 atom stereocenters. The van der Waals surface area contributed by atoms with Crippen LogP contribution in [-0.2, 0) is 0 Å². The molecular weight excluding hydrogens is 281 g/mol. The Morgan fingerprint density at radius 2 is 1.57 bits per heavy atom. The molecule has 2 rings (SSSR count). The lowest BCUT2D eigenvalue weighted by molar-refractivity contribution is -0.115. The lowest BCUT2D eigenvalue weighted by Crippen LogP contribution is -2.21. The van der Waals surface area contributed by atoms with Crippen LogP contribution in [0.4, 0.5) is 24.5 Å². The average molecular weight is 298 g/mol. The first-order valence-electron chi connectivity index (χ1n) is 6.15. The quantitative estimate of drug-likeness (QED) is 0.892. The number of anilines is 2. The highest BCUT2D eigenvalue weighted by atomic mass is 19.4. The fraction of sp³-hybridized carbons (Fsp3) is 0.286. The van der Waals surface area contributed by atoms with Gasteiger partial charge in [-0.3, -0.25) is 9.97 Å². The van der Waals surface area contributed by atoms with Crippen molar-refractivity contribution in [1.82, 2.24) is 9.97 Å². The summed E-state index contributed by atoms with van der Waals surface area (Å²) in [5, 5.41) is 2.24. The van der Waals surface area contributed by atoms with Gasteiger partial charge in [0.2, 0.25) is 0 Å². The number of halogens is 3. The molecule has 2 heterocycles. The zero-order valence-corrected chi connectivity index (χ0v) is 11.8. The molecule has 0 amide bonds. The highest BCUT2D eigenvalue weighted by molar-refractivity contribution is 5.42. The molecule has 0 saturated carbocycles. The number of pyridine rings is 2. The Bertz CT molecular complexity index is 553. The van der Waals surface area contributed by atoms with Crippen molar-refractivity contribution in [2.24, 2.45) is 0 Å². The van der Waals surface area contributed by atoms with Gasteiger partial charge in [-0.05, 0) is 37.1 Å². The summed E-state index contributed by atoms with van der Waals surface area (Å²) >= 11 is 0. The van der Waals surface area contributed by atoms with Gasteiger partial charge in [0.1, 0.15) is 6.54 Å². The molecule has 0 aliphatic heterocycles. The molecule has 21 heavy (non-hydrogen) atoms. The van der Waals surface area contributed by atoms with Crippen molar-refractivity contribution in [3.05, 3.63) is 48.0 Å². The van der Waals surface area contributed by atoms with E-state index in [1.54, 1.807) is 31.6 Å². The molecule has 7 heteroatoms. The molecule has 0 radical (unpaired) electrons. The Kier molecular flexibility index (Phi) is 5.95. The lowest BCUT2D eigenvalue weighted by atomic mass is 10.3. The van der Waals surface area contributed by atoms with E-state index in [1.807, 2.05) is 13.0 Å². The molecule has 2 aromatic heterocycles. The van der Waals surface area contributed by atoms with Crippen LogP contribution >= 0.6 is 0 Å². The maximum absolute atomic E-state index is 11.8. The third kappa shape index (κ3) is 7.76. The summed E-state index contributed by atoms with van der Waals surface area (Å²) in [5.41, 5.74) is 8.44. The Morgan fingerprint density at radius 3 is 2.00 bits per heavy atom. The molecular formula is C14H17F3N4. The van der Waals surface area contributed by atoms with E-state index in [-0.39, 0.29) is 0 Å². The van der Waals surface area contributed by atoms with E-state index in [1.165, 1.54) is 6.20 Å². The zero-order chi connectivity index (χ0) is 15.9. The maximum atomic E-state index is 11.8. The number of aryl methyl sites for hydroxylation is 2. The molecule has 114 valence electrons. The summed E-state index contributed by atoms with van der Waals surface area (Å²) in [7, 11) is 0. The van der Waals surface area contributed by atoms with E-state index in [4.69, 9.17) is 5.73 Å². The normalized spacial score (nSPS) is 10.5. The molecule has 2 aromatic rings. The van der Waals surface area contributed by atoms with Crippen molar-refractivity contribution < 1.29 is 13.2 Å². The fourth-order valence-corrected chi connectivity index (χ4v) is 1.43. The summed E-state index contributed by atoms with van der Waals surface area (Å²) in [6.07, 6.45) is 2.16. The van der Waals surface area contributed by atoms with Crippen molar-refractivity contribution in [3.63, 3.8) is 0 Å². The third-order valence-electron chi connectivity index (χ3n) is 2.26. The Hall–Kier alpha value is -2.31. The molecule has 0 bridgehead atoms. The number of nitrogens with one attached hydrogen (secondary N) is 1. The van der Waals surface area contributed by atoms with Gasteiger partial charge in [0, 0.05) is 24.8 Å². The second-order valence-electron chi connectivity index (χ2n) is 4.52. The number of nitrogen functional groups attached to an aromatic ring is 1. The van der Waals surface area contributed by atoms with E-state index in [9.17, 15) is 13.2 Å². The molecule has 0 aliphatic carbocycles. The van der Waals surface area contributed by atoms with Crippen LogP contribution in [0.3, 0.4) is 0 Å². The first-order valence-corrected chi connectivity index (χ1v) is 6.15. The van der Waals surface area contributed by atoms with Crippen LogP contribution < -0.4 is 11.1 Å². The van der Waals surface area contributed by atoms with Crippen LogP contribution in [0.15, 0.2) is 36.9 Å². The third-order valence-corrected chi connectivity index (χ3v) is 2.26. The summed E-state index contributed by atoms with van der Waals surface area (Å²) in [4.78, 5) is 7.61. The predicted octanol–water partition coefficient (Wildman–Crippen LogP) is 3.34. The molecule has 0 fully saturated rings. The van der Waals surface area contributed by atoms with Gasteiger partial charge >= 0.3 is 6.18 Å². The molecule has 4 nitrogen and oxygen atoms in total. The smallest absolute Gasteiger partial charge is 0.397 e. The maximum Gasteiger partial charge on any atom is 0.405 e. The van der Waals surface area contributed by atoms with Crippen LogP contribution in [0.1, 0.15) is 11.1 Å². The van der Waals surface area contributed by atoms with Gasteiger partial charge in [0.05, 0.1) is 11.4 Å². The summed E-state index contributed by atoms with van der Waals surface area (Å²) < 4.78 is 35.3. The topological polar surface area (TPSA) is 63.8 Å². The average Bonchev–Trinajstić information content (AvgIpc) is 2.36. The first-order chi connectivity index (χ1) is 9.76. The van der Waals surface area contributed by atoms with E-state index >= 15 is 0 Å². The van der Waals surface area contributed by atoms with Crippen LogP contribution in [0.25, 0.3) is 0 Å². The zero-order valence-electron chi connectivity index (χ0n) is 11.8. The summed E-state index contributed by atoms with van der Waals surface area (Å²) in [6, 6.07) is 3.49. The van der Waals surface area contributed by atoms with Gasteiger partial charge in [0.25, 0.3) is 0 Å². The van der Waals surface area contributed by atoms with E-state index in [0.717, 1.165) is 16.8 Å². The summed E-state index contributed by atoms with van der Waals surface area (Å²) in [6.45, 7) is 2.70. The van der Waals surface area contributed by atoms with Crippen LogP contribution in [0, 0.1) is 13.8 Å². The highest BCUT2D eigenvalue weighted by Crippen LogP contribution is 2.16. The summed E-state index contributed by atoms with van der Waals surface area (Å²) in [5.74, 6) is 0. The van der Waals surface area contributed by atoms with Gasteiger partial charge < -0.3 is 11.1 Å². The number of hydrogen-bond donors (Lipinski definition) is 2. The minimum atomic E-state index is -4.19. The van der Waals surface area contributed by atoms with Crippen molar-refractivity contribution in [1.29, 1.82) is 0 Å². The molecule has 0 unspecified atom stereocenters. The number of rotatable bonds is 2. The Labute approximate surface area is 121 Å². The molecule has 3 N–H and O–H groups in total. The first kappa shape index (κ1) is 16.7. The lowest BCUT2D eigenvalue weighted by Gasteiger charge is -2.08.